The first kappa shape index (κ1) is 16.9. The molecule has 0 bridgehead atoms. The summed E-state index contributed by atoms with van der Waals surface area (Å²) in [6.07, 6.45) is 5.83. The summed E-state index contributed by atoms with van der Waals surface area (Å²) in [4.78, 5) is 22.8. The van der Waals surface area contributed by atoms with Gasteiger partial charge in [-0.25, -0.2) is 9.97 Å². The van der Waals surface area contributed by atoms with E-state index in [1.54, 1.807) is 19.5 Å². The molecule has 2 fully saturated rings. The van der Waals surface area contributed by atoms with Crippen molar-refractivity contribution in [2.24, 2.45) is 11.8 Å². The summed E-state index contributed by atoms with van der Waals surface area (Å²) in [6, 6.07) is 2.17. The average Bonchev–Trinajstić information content (AvgIpc) is 3.28. The van der Waals surface area contributed by atoms with E-state index in [9.17, 15) is 4.79 Å². The van der Waals surface area contributed by atoms with Gasteiger partial charge in [0, 0.05) is 44.3 Å². The molecule has 2 heterocycles. The zero-order valence-electron chi connectivity index (χ0n) is 14.7. The van der Waals surface area contributed by atoms with Gasteiger partial charge in [0.1, 0.15) is 12.1 Å². The van der Waals surface area contributed by atoms with Crippen molar-refractivity contribution in [3.8, 4) is 0 Å². The molecular weight excluding hydrogens is 304 g/mol. The van der Waals surface area contributed by atoms with E-state index in [4.69, 9.17) is 4.74 Å². The largest absolute Gasteiger partial charge is 0.378 e. The van der Waals surface area contributed by atoms with Crippen LogP contribution in [0.4, 0.5) is 5.82 Å². The van der Waals surface area contributed by atoms with Crippen molar-refractivity contribution in [1.29, 1.82) is 0 Å². The number of hydrogen-bond donors (Lipinski definition) is 1. The smallest absolute Gasteiger partial charge is 0.246 e. The van der Waals surface area contributed by atoms with Crippen molar-refractivity contribution in [2.45, 2.75) is 39.3 Å². The van der Waals surface area contributed by atoms with Crippen LogP contribution in [0.15, 0.2) is 24.0 Å². The number of ether oxygens (including phenoxy) is 1. The number of aromatic nitrogens is 2. The van der Waals surface area contributed by atoms with Gasteiger partial charge in [0.15, 0.2) is 0 Å². The fourth-order valence-corrected chi connectivity index (χ4v) is 3.40. The van der Waals surface area contributed by atoms with E-state index in [2.05, 4.69) is 15.3 Å². The number of amides is 1. The van der Waals surface area contributed by atoms with Crippen LogP contribution in [0.1, 0.15) is 32.4 Å². The van der Waals surface area contributed by atoms with Gasteiger partial charge in [-0.05, 0) is 32.6 Å². The van der Waals surface area contributed by atoms with Crippen molar-refractivity contribution < 1.29 is 9.53 Å². The van der Waals surface area contributed by atoms with Gasteiger partial charge in [0.05, 0.1) is 12.3 Å². The zero-order chi connectivity index (χ0) is 17.1. The second-order valence-electron chi connectivity index (χ2n) is 7.04. The molecule has 130 valence electrons. The lowest BCUT2D eigenvalue weighted by molar-refractivity contribution is -0.125. The highest BCUT2D eigenvalue weighted by Crippen LogP contribution is 2.42. The zero-order valence-corrected chi connectivity index (χ0v) is 14.7. The fraction of sp³-hybridized carbons (Fsp3) is 0.611. The molecule has 1 saturated heterocycles. The summed E-state index contributed by atoms with van der Waals surface area (Å²) in [5.41, 5.74) is 1.90. The van der Waals surface area contributed by atoms with Crippen LogP contribution < -0.4 is 5.32 Å². The fourth-order valence-electron chi connectivity index (χ4n) is 3.40. The van der Waals surface area contributed by atoms with Crippen LogP contribution in [0.2, 0.25) is 0 Å². The summed E-state index contributed by atoms with van der Waals surface area (Å²) < 4.78 is 5.13. The van der Waals surface area contributed by atoms with Crippen LogP contribution in [0.5, 0.6) is 0 Å². The topological polar surface area (TPSA) is 67.3 Å². The van der Waals surface area contributed by atoms with Gasteiger partial charge in [-0.3, -0.25) is 4.79 Å². The highest BCUT2D eigenvalue weighted by Gasteiger charge is 2.43. The number of nitrogens with one attached hydrogen (secondary N) is 1. The van der Waals surface area contributed by atoms with Crippen LogP contribution in [0.3, 0.4) is 0 Å². The first-order valence-electron chi connectivity index (χ1n) is 8.57. The summed E-state index contributed by atoms with van der Waals surface area (Å²) in [5.74, 6) is 2.16. The van der Waals surface area contributed by atoms with Gasteiger partial charge in [-0.2, -0.15) is 0 Å². The van der Waals surface area contributed by atoms with Crippen molar-refractivity contribution >= 4 is 11.7 Å². The normalized spacial score (nSPS) is 23.2. The van der Waals surface area contributed by atoms with Gasteiger partial charge in [-0.1, -0.05) is 5.57 Å². The number of rotatable bonds is 6. The Morgan fingerprint density at radius 3 is 2.83 bits per heavy atom. The average molecular weight is 330 g/mol. The Morgan fingerprint density at radius 2 is 2.17 bits per heavy atom. The molecule has 2 aliphatic rings. The number of anilines is 1. The molecule has 1 saturated carbocycles. The Hall–Kier alpha value is -1.95. The number of allylic oxidation sites excluding steroid dienone is 1. The van der Waals surface area contributed by atoms with Crippen molar-refractivity contribution in [1.82, 2.24) is 14.9 Å². The van der Waals surface area contributed by atoms with Gasteiger partial charge < -0.3 is 15.0 Å². The number of methoxy groups -OCH3 is 1. The molecule has 3 rings (SSSR count). The third-order valence-electron chi connectivity index (χ3n) is 4.67. The number of carbonyl (C=O) groups is 1. The maximum absolute atomic E-state index is 12.4. The first-order valence-corrected chi connectivity index (χ1v) is 8.57. The van der Waals surface area contributed by atoms with Crippen LogP contribution >= 0.6 is 0 Å². The minimum absolute atomic E-state index is 0.118. The van der Waals surface area contributed by atoms with Gasteiger partial charge in [0.25, 0.3) is 0 Å². The third-order valence-corrected chi connectivity index (χ3v) is 4.67. The second kappa shape index (κ2) is 7.30. The van der Waals surface area contributed by atoms with Crippen molar-refractivity contribution in [3.63, 3.8) is 0 Å². The highest BCUT2D eigenvalue weighted by atomic mass is 16.5. The molecule has 1 aliphatic heterocycles. The van der Waals surface area contributed by atoms with Crippen LogP contribution in [0, 0.1) is 11.8 Å². The maximum atomic E-state index is 12.4. The lowest BCUT2D eigenvalue weighted by Crippen LogP contribution is -2.31. The van der Waals surface area contributed by atoms with E-state index in [0.29, 0.717) is 12.5 Å². The van der Waals surface area contributed by atoms with Gasteiger partial charge in [0.2, 0.25) is 5.91 Å². The molecule has 0 aromatic carbocycles. The lowest BCUT2D eigenvalue weighted by Gasteiger charge is -2.19. The van der Waals surface area contributed by atoms with Crippen LogP contribution in [0.25, 0.3) is 0 Å². The monoisotopic (exact) mass is 330 g/mol. The molecule has 0 spiro atoms. The Balaban J connectivity index is 1.70. The Bertz CT molecular complexity index is 623. The van der Waals surface area contributed by atoms with Crippen LogP contribution in [-0.4, -0.2) is 47.0 Å². The SMILES string of the molecule is COCc1cc(N[C@H]2CN(C(=O)C=C(C)C)C[C@@H]2C2CC2)ncn1. The molecule has 1 aliphatic carbocycles. The van der Waals surface area contributed by atoms with E-state index in [0.717, 1.165) is 36.1 Å². The van der Waals surface area contributed by atoms with E-state index >= 15 is 0 Å². The number of hydrogen-bond acceptors (Lipinski definition) is 5. The van der Waals surface area contributed by atoms with Gasteiger partial charge >= 0.3 is 0 Å². The summed E-state index contributed by atoms with van der Waals surface area (Å²) in [7, 11) is 1.65. The molecule has 6 nitrogen and oxygen atoms in total. The summed E-state index contributed by atoms with van der Waals surface area (Å²) in [5, 5.41) is 3.53. The quantitative estimate of drug-likeness (QED) is 0.810. The van der Waals surface area contributed by atoms with E-state index in [-0.39, 0.29) is 11.9 Å². The minimum atomic E-state index is 0.118. The molecule has 2 atom stereocenters. The minimum Gasteiger partial charge on any atom is -0.378 e. The molecule has 1 aromatic rings. The highest BCUT2D eigenvalue weighted by molar-refractivity contribution is 5.88. The standard InChI is InChI=1S/C18H26N4O2/c1-12(2)6-18(23)22-8-15(13-4-5-13)16(9-22)21-17-7-14(10-24-3)19-11-20-17/h6-7,11,13,15-16H,4-5,8-10H2,1-3H3,(H,19,20,21)/t15-,16+/m1/s1. The molecule has 24 heavy (non-hydrogen) atoms. The number of carbonyl (C=O) groups excluding carboxylic acids is 1. The van der Waals surface area contributed by atoms with Crippen LogP contribution in [-0.2, 0) is 16.1 Å². The molecule has 1 amide bonds. The second-order valence-corrected chi connectivity index (χ2v) is 7.04. The van der Waals surface area contributed by atoms with Crippen molar-refractivity contribution in [2.75, 3.05) is 25.5 Å². The van der Waals surface area contributed by atoms with Gasteiger partial charge in [-0.15, -0.1) is 0 Å². The lowest BCUT2D eigenvalue weighted by atomic mass is 9.98. The summed E-state index contributed by atoms with van der Waals surface area (Å²) in [6.45, 7) is 5.95. The Kier molecular flexibility index (Phi) is 5.14. The predicted octanol–water partition coefficient (Wildman–Crippen LogP) is 2.24. The molecule has 6 heteroatoms. The molecule has 0 radical (unpaired) electrons. The van der Waals surface area contributed by atoms with E-state index in [1.807, 2.05) is 24.8 Å². The molecule has 1 N–H and O–H groups in total. The third kappa shape index (κ3) is 4.12. The van der Waals surface area contributed by atoms with E-state index in [1.165, 1.54) is 12.8 Å². The molecule has 0 unspecified atom stereocenters. The first-order chi connectivity index (χ1) is 11.6. The Labute approximate surface area is 143 Å². The predicted molar refractivity (Wildman–Crippen MR) is 92.4 cm³/mol. The number of nitrogens with zero attached hydrogens (tertiary/aromatic N) is 3. The number of likely N-dealkylation sites (tertiary alicyclic amines) is 1. The van der Waals surface area contributed by atoms with Crippen molar-refractivity contribution in [3.05, 3.63) is 29.7 Å². The van der Waals surface area contributed by atoms with E-state index < -0.39 is 0 Å². The molecule has 1 aromatic heterocycles. The molecular formula is C18H26N4O2. The Morgan fingerprint density at radius 1 is 1.38 bits per heavy atom. The maximum Gasteiger partial charge on any atom is 0.246 e. The summed E-state index contributed by atoms with van der Waals surface area (Å²) >= 11 is 0.